The van der Waals surface area contributed by atoms with Crippen LogP contribution in [0.1, 0.15) is 23.6 Å². The molecule has 0 aliphatic rings. The maximum Gasteiger partial charge on any atom is 0.311 e. The number of esters is 1. The van der Waals surface area contributed by atoms with Crippen molar-refractivity contribution in [3.8, 4) is 6.07 Å². The third-order valence-corrected chi connectivity index (χ3v) is 4.13. The average molecular weight is 362 g/mol. The standard InChI is InChI=1S/C21H18N2O4/c1-13-7-8-17-16(12-26-19(17)9-13)10-20(24)27-14(2)21(25)23-18-6-4-3-5-15(18)11-22/h3-9,12,14H,10H2,1-2H3,(H,23,25)/t14-/m0/s1. The summed E-state index contributed by atoms with van der Waals surface area (Å²) in [6.07, 6.45) is 0.534. The fourth-order valence-electron chi connectivity index (χ4n) is 2.70. The summed E-state index contributed by atoms with van der Waals surface area (Å²) in [6.45, 7) is 3.44. The highest BCUT2D eigenvalue weighted by atomic mass is 16.5. The first kappa shape index (κ1) is 18.2. The van der Waals surface area contributed by atoms with E-state index >= 15 is 0 Å². The second-order valence-electron chi connectivity index (χ2n) is 6.22. The van der Waals surface area contributed by atoms with Gasteiger partial charge in [-0.05, 0) is 37.6 Å². The molecule has 0 spiro atoms. The number of amides is 1. The molecule has 1 atom stereocenters. The Kier molecular flexibility index (Phi) is 5.23. The number of fused-ring (bicyclic) bond motifs is 1. The highest BCUT2D eigenvalue weighted by Gasteiger charge is 2.20. The van der Waals surface area contributed by atoms with Gasteiger partial charge in [0.2, 0.25) is 0 Å². The van der Waals surface area contributed by atoms with E-state index < -0.39 is 18.0 Å². The molecule has 3 rings (SSSR count). The van der Waals surface area contributed by atoms with Crippen molar-refractivity contribution in [2.75, 3.05) is 5.32 Å². The number of benzene rings is 2. The fraction of sp³-hybridized carbons (Fsp3) is 0.190. The van der Waals surface area contributed by atoms with Gasteiger partial charge >= 0.3 is 5.97 Å². The zero-order chi connectivity index (χ0) is 19.4. The van der Waals surface area contributed by atoms with E-state index in [0.29, 0.717) is 22.4 Å². The summed E-state index contributed by atoms with van der Waals surface area (Å²) in [7, 11) is 0. The summed E-state index contributed by atoms with van der Waals surface area (Å²) < 4.78 is 10.7. The number of para-hydroxylation sites is 1. The van der Waals surface area contributed by atoms with Gasteiger partial charge in [0.1, 0.15) is 11.7 Å². The van der Waals surface area contributed by atoms with Crippen molar-refractivity contribution >= 4 is 28.5 Å². The molecule has 0 radical (unpaired) electrons. The maximum absolute atomic E-state index is 12.3. The number of aryl methyl sites for hydroxylation is 1. The Morgan fingerprint density at radius 3 is 2.81 bits per heavy atom. The molecule has 0 aliphatic carbocycles. The number of rotatable bonds is 5. The summed E-state index contributed by atoms with van der Waals surface area (Å²) in [5, 5.41) is 12.5. The van der Waals surface area contributed by atoms with Crippen LogP contribution in [0.2, 0.25) is 0 Å². The van der Waals surface area contributed by atoms with Gasteiger partial charge in [0.15, 0.2) is 6.10 Å². The van der Waals surface area contributed by atoms with Gasteiger partial charge in [0.25, 0.3) is 5.91 Å². The minimum atomic E-state index is -0.996. The number of nitriles is 1. The number of furan rings is 1. The predicted octanol–water partition coefficient (Wildman–Crippen LogP) is 3.73. The zero-order valence-electron chi connectivity index (χ0n) is 15.0. The summed E-state index contributed by atoms with van der Waals surface area (Å²) in [5.74, 6) is -1.03. The number of hydrogen-bond donors (Lipinski definition) is 1. The Labute approximate surface area is 156 Å². The molecule has 1 heterocycles. The van der Waals surface area contributed by atoms with Gasteiger partial charge in [-0.3, -0.25) is 9.59 Å². The number of nitrogens with one attached hydrogen (secondary N) is 1. The van der Waals surface area contributed by atoms with E-state index in [1.54, 1.807) is 24.3 Å². The van der Waals surface area contributed by atoms with Gasteiger partial charge in [-0.2, -0.15) is 5.26 Å². The molecule has 1 aromatic heterocycles. The lowest BCUT2D eigenvalue weighted by molar-refractivity contribution is -0.152. The monoisotopic (exact) mass is 362 g/mol. The molecule has 2 aromatic carbocycles. The molecule has 6 heteroatoms. The predicted molar refractivity (Wildman–Crippen MR) is 100.0 cm³/mol. The van der Waals surface area contributed by atoms with Gasteiger partial charge in [-0.1, -0.05) is 24.3 Å². The lowest BCUT2D eigenvalue weighted by atomic mass is 10.1. The Bertz CT molecular complexity index is 1050. The van der Waals surface area contributed by atoms with Gasteiger partial charge in [-0.15, -0.1) is 0 Å². The number of hydrogen-bond acceptors (Lipinski definition) is 5. The first-order valence-corrected chi connectivity index (χ1v) is 8.44. The highest BCUT2D eigenvalue weighted by Crippen LogP contribution is 2.23. The molecule has 0 fully saturated rings. The van der Waals surface area contributed by atoms with Crippen molar-refractivity contribution in [2.24, 2.45) is 0 Å². The van der Waals surface area contributed by atoms with Crippen LogP contribution in [0.5, 0.6) is 0 Å². The number of carbonyl (C=O) groups excluding carboxylic acids is 2. The first-order valence-electron chi connectivity index (χ1n) is 8.44. The van der Waals surface area contributed by atoms with Crippen molar-refractivity contribution in [1.82, 2.24) is 0 Å². The van der Waals surface area contributed by atoms with Crippen LogP contribution in [0.3, 0.4) is 0 Å². The minimum absolute atomic E-state index is 0.00244. The molecule has 0 saturated carbocycles. The second kappa shape index (κ2) is 7.75. The van der Waals surface area contributed by atoms with Gasteiger partial charge in [-0.25, -0.2) is 0 Å². The lowest BCUT2D eigenvalue weighted by Gasteiger charge is -2.14. The van der Waals surface area contributed by atoms with Crippen LogP contribution >= 0.6 is 0 Å². The van der Waals surface area contributed by atoms with Crippen LogP contribution in [-0.2, 0) is 20.7 Å². The van der Waals surface area contributed by atoms with Crippen molar-refractivity contribution < 1.29 is 18.7 Å². The Hall–Kier alpha value is -3.59. The summed E-state index contributed by atoms with van der Waals surface area (Å²) in [6, 6.07) is 14.3. The van der Waals surface area contributed by atoms with Gasteiger partial charge < -0.3 is 14.5 Å². The molecule has 27 heavy (non-hydrogen) atoms. The molecule has 1 N–H and O–H groups in total. The largest absolute Gasteiger partial charge is 0.464 e. The van der Waals surface area contributed by atoms with E-state index in [0.717, 1.165) is 10.9 Å². The molecule has 0 bridgehead atoms. The topological polar surface area (TPSA) is 92.3 Å². The van der Waals surface area contributed by atoms with E-state index in [9.17, 15) is 9.59 Å². The summed E-state index contributed by atoms with van der Waals surface area (Å²) in [5.41, 5.74) is 3.19. The minimum Gasteiger partial charge on any atom is -0.464 e. The SMILES string of the molecule is Cc1ccc2c(CC(=O)O[C@@H](C)C(=O)Nc3ccccc3C#N)coc2c1. The van der Waals surface area contributed by atoms with Crippen LogP contribution in [0.15, 0.2) is 53.1 Å². The third kappa shape index (κ3) is 4.15. The third-order valence-electron chi connectivity index (χ3n) is 4.13. The van der Waals surface area contributed by atoms with Crippen molar-refractivity contribution in [2.45, 2.75) is 26.4 Å². The zero-order valence-corrected chi connectivity index (χ0v) is 15.0. The van der Waals surface area contributed by atoms with Crippen LogP contribution in [-0.4, -0.2) is 18.0 Å². The molecule has 0 unspecified atom stereocenters. The van der Waals surface area contributed by atoms with E-state index in [4.69, 9.17) is 14.4 Å². The Morgan fingerprint density at radius 2 is 2.04 bits per heavy atom. The quantitative estimate of drug-likeness (QED) is 0.698. The highest BCUT2D eigenvalue weighted by molar-refractivity contribution is 5.96. The van der Waals surface area contributed by atoms with Crippen LogP contribution < -0.4 is 5.32 Å². The number of carbonyl (C=O) groups is 2. The van der Waals surface area contributed by atoms with E-state index in [-0.39, 0.29) is 6.42 Å². The lowest BCUT2D eigenvalue weighted by Crippen LogP contribution is -2.30. The number of nitrogens with zero attached hydrogens (tertiary/aromatic N) is 1. The first-order chi connectivity index (χ1) is 13.0. The molecular weight excluding hydrogens is 344 g/mol. The van der Waals surface area contributed by atoms with Crippen molar-refractivity contribution in [1.29, 1.82) is 5.26 Å². The molecule has 1 amide bonds. The van der Waals surface area contributed by atoms with Crippen LogP contribution in [0.4, 0.5) is 5.69 Å². The van der Waals surface area contributed by atoms with Crippen LogP contribution in [0, 0.1) is 18.3 Å². The van der Waals surface area contributed by atoms with Gasteiger partial charge in [0, 0.05) is 10.9 Å². The number of ether oxygens (including phenoxy) is 1. The van der Waals surface area contributed by atoms with Crippen molar-refractivity contribution in [3.05, 3.63) is 65.4 Å². The van der Waals surface area contributed by atoms with Crippen LogP contribution in [0.25, 0.3) is 11.0 Å². The Morgan fingerprint density at radius 1 is 1.26 bits per heavy atom. The summed E-state index contributed by atoms with van der Waals surface area (Å²) >= 11 is 0. The normalized spacial score (nSPS) is 11.6. The molecule has 6 nitrogen and oxygen atoms in total. The van der Waals surface area contributed by atoms with E-state index in [2.05, 4.69) is 5.32 Å². The molecular formula is C21H18N2O4. The molecule has 136 valence electrons. The van der Waals surface area contributed by atoms with E-state index in [1.807, 2.05) is 31.2 Å². The molecule has 3 aromatic rings. The number of anilines is 1. The Balaban J connectivity index is 1.63. The average Bonchev–Trinajstić information content (AvgIpc) is 3.03. The smallest absolute Gasteiger partial charge is 0.311 e. The molecule has 0 aliphatic heterocycles. The summed E-state index contributed by atoms with van der Waals surface area (Å²) in [4.78, 5) is 24.5. The van der Waals surface area contributed by atoms with Crippen molar-refractivity contribution in [3.63, 3.8) is 0 Å². The maximum atomic E-state index is 12.3. The molecule has 0 saturated heterocycles. The van der Waals surface area contributed by atoms with E-state index in [1.165, 1.54) is 13.2 Å². The van der Waals surface area contributed by atoms with Gasteiger partial charge in [0.05, 0.1) is 23.9 Å². The second-order valence-corrected chi connectivity index (χ2v) is 6.22. The fourth-order valence-corrected chi connectivity index (χ4v) is 2.70.